The van der Waals surface area contributed by atoms with Crippen LogP contribution in [0.2, 0.25) is 0 Å². The van der Waals surface area contributed by atoms with E-state index in [1.807, 2.05) is 13.8 Å². The molecule has 4 unspecified atom stereocenters. The molecule has 172 valence electrons. The van der Waals surface area contributed by atoms with Gasteiger partial charge in [-0.2, -0.15) is 0 Å². The summed E-state index contributed by atoms with van der Waals surface area (Å²) in [5.74, 6) is -3.70. The second-order valence-corrected chi connectivity index (χ2v) is 8.04. The fraction of sp³-hybridized carbons (Fsp3) is 0.909. The van der Waals surface area contributed by atoms with E-state index >= 15 is 0 Å². The van der Waals surface area contributed by atoms with Crippen molar-refractivity contribution < 1.29 is 34.8 Å². The highest BCUT2D eigenvalue weighted by atomic mass is 16.6. The number of aliphatic hydroxyl groups excluding tert-OH is 2. The molecular formula is C22H42O7. The molecule has 29 heavy (non-hydrogen) atoms. The fourth-order valence-corrected chi connectivity index (χ4v) is 3.82. The van der Waals surface area contributed by atoms with E-state index < -0.39 is 48.2 Å². The van der Waals surface area contributed by atoms with E-state index in [9.17, 15) is 30.0 Å². The number of hydrogen-bond acceptors (Lipinski definition) is 7. The SMILES string of the molecule is CCCCCC(CC)C(O)(CO)C(=O)OC(=O)C(O)(CO)C(CC)CCCCC. The summed E-state index contributed by atoms with van der Waals surface area (Å²) in [7, 11) is 0. The molecule has 4 N–H and O–H groups in total. The fourth-order valence-electron chi connectivity index (χ4n) is 3.82. The molecule has 0 heterocycles. The molecule has 0 radical (unpaired) electrons. The van der Waals surface area contributed by atoms with E-state index in [4.69, 9.17) is 4.74 Å². The molecule has 4 atom stereocenters. The predicted octanol–water partition coefficient (Wildman–Crippen LogP) is 2.72. The molecular weight excluding hydrogens is 376 g/mol. The van der Waals surface area contributed by atoms with E-state index in [2.05, 4.69) is 0 Å². The summed E-state index contributed by atoms with van der Waals surface area (Å²) in [5.41, 5.74) is -4.45. The minimum atomic E-state index is -2.22. The minimum absolute atomic E-state index is 0.420. The molecule has 0 aliphatic carbocycles. The molecule has 0 amide bonds. The normalized spacial score (nSPS) is 17.8. The zero-order chi connectivity index (χ0) is 22.5. The van der Waals surface area contributed by atoms with Crippen molar-refractivity contribution in [3.63, 3.8) is 0 Å². The van der Waals surface area contributed by atoms with Crippen molar-refractivity contribution in [2.45, 2.75) is 103 Å². The molecule has 0 aliphatic heterocycles. The van der Waals surface area contributed by atoms with Crippen molar-refractivity contribution in [1.82, 2.24) is 0 Å². The highest BCUT2D eigenvalue weighted by Crippen LogP contribution is 2.31. The van der Waals surface area contributed by atoms with Crippen LogP contribution < -0.4 is 0 Å². The molecule has 0 saturated heterocycles. The van der Waals surface area contributed by atoms with Crippen LogP contribution in [0.15, 0.2) is 0 Å². The topological polar surface area (TPSA) is 124 Å². The molecule has 0 aliphatic rings. The van der Waals surface area contributed by atoms with Crippen LogP contribution in [-0.2, 0) is 14.3 Å². The van der Waals surface area contributed by atoms with E-state index in [1.165, 1.54) is 0 Å². The summed E-state index contributed by atoms with van der Waals surface area (Å²) < 4.78 is 4.84. The van der Waals surface area contributed by atoms with E-state index in [0.717, 1.165) is 38.5 Å². The molecule has 0 aromatic rings. The van der Waals surface area contributed by atoms with Gasteiger partial charge in [0, 0.05) is 11.8 Å². The summed E-state index contributed by atoms with van der Waals surface area (Å²) in [6.07, 6.45) is 7.17. The lowest BCUT2D eigenvalue weighted by molar-refractivity contribution is -0.198. The first-order valence-electron chi connectivity index (χ1n) is 11.1. The van der Waals surface area contributed by atoms with Crippen molar-refractivity contribution in [1.29, 1.82) is 0 Å². The van der Waals surface area contributed by atoms with Gasteiger partial charge in [0.05, 0.1) is 13.2 Å². The average molecular weight is 419 g/mol. The summed E-state index contributed by atoms with van der Waals surface area (Å²) in [5, 5.41) is 41.0. The summed E-state index contributed by atoms with van der Waals surface area (Å²) in [6.45, 7) is 5.89. The van der Waals surface area contributed by atoms with Crippen LogP contribution >= 0.6 is 0 Å². The number of hydrogen-bond donors (Lipinski definition) is 4. The summed E-state index contributed by atoms with van der Waals surface area (Å²) in [4.78, 5) is 25.3. The predicted molar refractivity (Wildman–Crippen MR) is 111 cm³/mol. The van der Waals surface area contributed by atoms with Crippen molar-refractivity contribution >= 4 is 11.9 Å². The maximum absolute atomic E-state index is 12.6. The number of carbonyl (C=O) groups excluding carboxylic acids is 2. The first-order chi connectivity index (χ1) is 13.7. The molecule has 0 spiro atoms. The molecule has 0 rings (SSSR count). The van der Waals surface area contributed by atoms with Crippen LogP contribution in [0.25, 0.3) is 0 Å². The Balaban J connectivity index is 5.37. The quantitative estimate of drug-likeness (QED) is 0.173. The van der Waals surface area contributed by atoms with Crippen molar-refractivity contribution in [2.75, 3.05) is 13.2 Å². The molecule has 0 aromatic heterocycles. The third-order valence-corrected chi connectivity index (χ3v) is 6.02. The Bertz CT molecular complexity index is 440. The Morgan fingerprint density at radius 2 is 1.07 bits per heavy atom. The van der Waals surface area contributed by atoms with Crippen molar-refractivity contribution in [3.05, 3.63) is 0 Å². The summed E-state index contributed by atoms with van der Waals surface area (Å²) in [6, 6.07) is 0. The Kier molecular flexibility index (Phi) is 13.6. The lowest BCUT2D eigenvalue weighted by atomic mass is 9.81. The Morgan fingerprint density at radius 3 is 1.31 bits per heavy atom. The van der Waals surface area contributed by atoms with Gasteiger partial charge < -0.3 is 25.2 Å². The summed E-state index contributed by atoms with van der Waals surface area (Å²) >= 11 is 0. The maximum atomic E-state index is 12.6. The van der Waals surface area contributed by atoms with E-state index in [1.54, 1.807) is 13.8 Å². The van der Waals surface area contributed by atoms with Gasteiger partial charge in [-0.1, -0.05) is 66.2 Å². The Labute approximate surface area is 175 Å². The number of unbranched alkanes of at least 4 members (excludes halogenated alkanes) is 4. The standard InChI is InChI=1S/C22H42O7/c1-5-9-11-13-17(7-3)21(27,15-23)19(25)29-20(26)22(28,16-24)18(8-4)14-12-10-6-2/h17-18,23-24,27-28H,5-16H2,1-4H3. The first-order valence-corrected chi connectivity index (χ1v) is 11.1. The molecule has 7 nitrogen and oxygen atoms in total. The molecule has 0 bridgehead atoms. The number of ether oxygens (including phenoxy) is 1. The second kappa shape index (κ2) is 14.1. The Hall–Kier alpha value is -1.02. The molecule has 0 aromatic carbocycles. The van der Waals surface area contributed by atoms with Crippen LogP contribution in [0, 0.1) is 11.8 Å². The van der Waals surface area contributed by atoms with Gasteiger partial charge in [0.1, 0.15) is 0 Å². The monoisotopic (exact) mass is 418 g/mol. The van der Waals surface area contributed by atoms with E-state index in [-0.39, 0.29) is 0 Å². The van der Waals surface area contributed by atoms with Crippen LogP contribution in [0.5, 0.6) is 0 Å². The number of rotatable bonds is 16. The third-order valence-electron chi connectivity index (χ3n) is 6.02. The van der Waals surface area contributed by atoms with Crippen molar-refractivity contribution in [2.24, 2.45) is 11.8 Å². The molecule has 0 fully saturated rings. The zero-order valence-electron chi connectivity index (χ0n) is 18.7. The van der Waals surface area contributed by atoms with Crippen LogP contribution in [0.3, 0.4) is 0 Å². The number of aliphatic hydroxyl groups is 4. The lowest BCUT2D eigenvalue weighted by Gasteiger charge is -2.35. The van der Waals surface area contributed by atoms with Gasteiger partial charge in [0.15, 0.2) is 11.2 Å². The molecule has 0 saturated carbocycles. The average Bonchev–Trinajstić information content (AvgIpc) is 2.73. The van der Waals surface area contributed by atoms with Crippen LogP contribution in [-0.4, -0.2) is 56.8 Å². The minimum Gasteiger partial charge on any atom is -0.393 e. The van der Waals surface area contributed by atoms with E-state index in [0.29, 0.717) is 25.7 Å². The van der Waals surface area contributed by atoms with Gasteiger partial charge in [-0.25, -0.2) is 9.59 Å². The smallest absolute Gasteiger partial charge is 0.348 e. The first kappa shape index (κ1) is 28.0. The molecule has 7 heteroatoms. The lowest BCUT2D eigenvalue weighted by Crippen LogP contribution is -2.55. The Morgan fingerprint density at radius 1 is 0.724 bits per heavy atom. The van der Waals surface area contributed by atoms with Gasteiger partial charge in [-0.15, -0.1) is 0 Å². The zero-order valence-corrected chi connectivity index (χ0v) is 18.7. The van der Waals surface area contributed by atoms with Crippen LogP contribution in [0.1, 0.15) is 91.9 Å². The highest BCUT2D eigenvalue weighted by Gasteiger charge is 2.49. The number of esters is 2. The number of carbonyl (C=O) groups is 2. The van der Waals surface area contributed by atoms with Crippen LogP contribution in [0.4, 0.5) is 0 Å². The van der Waals surface area contributed by atoms with Gasteiger partial charge in [0.25, 0.3) is 0 Å². The largest absolute Gasteiger partial charge is 0.393 e. The maximum Gasteiger partial charge on any atom is 0.348 e. The third kappa shape index (κ3) is 7.63. The highest BCUT2D eigenvalue weighted by molar-refractivity contribution is 5.94. The van der Waals surface area contributed by atoms with Gasteiger partial charge in [0.2, 0.25) is 0 Å². The van der Waals surface area contributed by atoms with Gasteiger partial charge in [-0.3, -0.25) is 0 Å². The van der Waals surface area contributed by atoms with Gasteiger partial charge >= 0.3 is 11.9 Å². The van der Waals surface area contributed by atoms with Gasteiger partial charge in [-0.05, 0) is 25.7 Å². The van der Waals surface area contributed by atoms with Crippen molar-refractivity contribution in [3.8, 4) is 0 Å². The second-order valence-electron chi connectivity index (χ2n) is 8.04.